The number of likely N-dealkylation sites (tertiary alicyclic amines) is 2. The van der Waals surface area contributed by atoms with Crippen LogP contribution in [-0.4, -0.2) is 54.0 Å². The van der Waals surface area contributed by atoms with Gasteiger partial charge in [0.1, 0.15) is 0 Å². The number of nitrogens with one attached hydrogen (secondary N) is 1. The van der Waals surface area contributed by atoms with Gasteiger partial charge in [-0.05, 0) is 57.6 Å². The minimum Gasteiger partial charge on any atom is -0.336 e. The molecule has 1 aromatic heterocycles. The summed E-state index contributed by atoms with van der Waals surface area (Å²) >= 11 is 1.76. The summed E-state index contributed by atoms with van der Waals surface area (Å²) in [5, 5.41) is 6.00. The molecule has 23 heavy (non-hydrogen) atoms. The molecule has 128 valence electrons. The Morgan fingerprint density at radius 3 is 2.61 bits per heavy atom. The van der Waals surface area contributed by atoms with Crippen LogP contribution in [0.2, 0.25) is 0 Å². The molecule has 0 aromatic carbocycles. The van der Waals surface area contributed by atoms with Crippen LogP contribution in [0.1, 0.15) is 50.4 Å². The standard InChI is InChI=1S/C18H29N3OS/c1-13(2)21-10-8-14(9-11-21)19-15-6-7-17(22)20(3)18(15)16-5-4-12-23-16/h4-5,12-15,18-19H,6-11H2,1-3H3/t15-,18+/m0/s1. The van der Waals surface area contributed by atoms with E-state index in [0.717, 1.165) is 6.42 Å². The summed E-state index contributed by atoms with van der Waals surface area (Å²) in [6.45, 7) is 6.92. The van der Waals surface area contributed by atoms with Crippen molar-refractivity contribution in [2.24, 2.45) is 0 Å². The molecular formula is C18H29N3OS. The van der Waals surface area contributed by atoms with Crippen molar-refractivity contribution in [3.8, 4) is 0 Å². The van der Waals surface area contributed by atoms with Crippen LogP contribution in [0, 0.1) is 0 Å². The topological polar surface area (TPSA) is 35.6 Å². The second-order valence-electron chi connectivity index (χ2n) is 7.18. The fourth-order valence-electron chi connectivity index (χ4n) is 3.95. The van der Waals surface area contributed by atoms with E-state index in [1.54, 1.807) is 11.3 Å². The monoisotopic (exact) mass is 335 g/mol. The van der Waals surface area contributed by atoms with Gasteiger partial charge in [0.05, 0.1) is 6.04 Å². The molecule has 0 bridgehead atoms. The van der Waals surface area contributed by atoms with E-state index in [2.05, 4.69) is 41.6 Å². The average Bonchev–Trinajstić information content (AvgIpc) is 3.06. The van der Waals surface area contributed by atoms with Gasteiger partial charge in [-0.3, -0.25) is 4.79 Å². The maximum atomic E-state index is 12.2. The van der Waals surface area contributed by atoms with Crippen LogP contribution in [0.25, 0.3) is 0 Å². The first-order valence-electron chi connectivity index (χ1n) is 8.85. The summed E-state index contributed by atoms with van der Waals surface area (Å²) in [5.74, 6) is 0.274. The maximum absolute atomic E-state index is 12.2. The van der Waals surface area contributed by atoms with Crippen LogP contribution < -0.4 is 5.32 Å². The second kappa shape index (κ2) is 7.32. The quantitative estimate of drug-likeness (QED) is 0.919. The van der Waals surface area contributed by atoms with Gasteiger partial charge in [0, 0.05) is 36.5 Å². The number of likely N-dealkylation sites (N-methyl/N-ethyl adjacent to an activating group) is 1. The molecule has 0 aliphatic carbocycles. The largest absolute Gasteiger partial charge is 0.336 e. The van der Waals surface area contributed by atoms with Gasteiger partial charge in [-0.15, -0.1) is 11.3 Å². The smallest absolute Gasteiger partial charge is 0.222 e. The fourth-order valence-corrected chi connectivity index (χ4v) is 4.88. The molecule has 4 nitrogen and oxygen atoms in total. The minimum absolute atomic E-state index is 0.194. The molecular weight excluding hydrogens is 306 g/mol. The molecule has 1 amide bonds. The third-order valence-electron chi connectivity index (χ3n) is 5.41. The number of amides is 1. The molecule has 2 atom stereocenters. The number of thiophene rings is 1. The first kappa shape index (κ1) is 16.9. The maximum Gasteiger partial charge on any atom is 0.222 e. The number of hydrogen-bond donors (Lipinski definition) is 1. The summed E-state index contributed by atoms with van der Waals surface area (Å²) < 4.78 is 0. The van der Waals surface area contributed by atoms with Crippen molar-refractivity contribution in [3.63, 3.8) is 0 Å². The molecule has 0 unspecified atom stereocenters. The van der Waals surface area contributed by atoms with Gasteiger partial charge in [0.2, 0.25) is 5.91 Å². The molecule has 1 aromatic rings. The third kappa shape index (κ3) is 3.78. The second-order valence-corrected chi connectivity index (χ2v) is 8.16. The van der Waals surface area contributed by atoms with Crippen LogP contribution in [0.4, 0.5) is 0 Å². The lowest BCUT2D eigenvalue weighted by atomic mass is 9.92. The first-order valence-corrected chi connectivity index (χ1v) is 9.73. The number of piperidine rings is 2. The Kier molecular flexibility index (Phi) is 5.39. The van der Waals surface area contributed by atoms with Crippen LogP contribution in [0.3, 0.4) is 0 Å². The highest BCUT2D eigenvalue weighted by Gasteiger charge is 2.36. The molecule has 0 saturated carbocycles. The van der Waals surface area contributed by atoms with E-state index in [9.17, 15) is 4.79 Å². The molecule has 0 spiro atoms. The Hall–Kier alpha value is -0.910. The summed E-state index contributed by atoms with van der Waals surface area (Å²) in [5.41, 5.74) is 0. The van der Waals surface area contributed by atoms with E-state index in [-0.39, 0.29) is 11.9 Å². The number of hydrogen-bond acceptors (Lipinski definition) is 4. The number of carbonyl (C=O) groups is 1. The van der Waals surface area contributed by atoms with Gasteiger partial charge in [0.25, 0.3) is 0 Å². The minimum atomic E-state index is 0.194. The van der Waals surface area contributed by atoms with Crippen LogP contribution in [-0.2, 0) is 4.79 Å². The van der Waals surface area contributed by atoms with E-state index >= 15 is 0 Å². The van der Waals surface area contributed by atoms with Gasteiger partial charge in [-0.2, -0.15) is 0 Å². The normalized spacial score (nSPS) is 27.8. The van der Waals surface area contributed by atoms with E-state index < -0.39 is 0 Å². The third-order valence-corrected chi connectivity index (χ3v) is 6.35. The molecule has 5 heteroatoms. The lowest BCUT2D eigenvalue weighted by Gasteiger charge is -2.42. The van der Waals surface area contributed by atoms with Gasteiger partial charge in [-0.1, -0.05) is 6.07 Å². The van der Waals surface area contributed by atoms with Crippen LogP contribution in [0.15, 0.2) is 17.5 Å². The predicted octanol–water partition coefficient (Wildman–Crippen LogP) is 2.87. The van der Waals surface area contributed by atoms with Gasteiger partial charge < -0.3 is 15.1 Å². The Morgan fingerprint density at radius 2 is 2.00 bits per heavy atom. The average molecular weight is 336 g/mol. The van der Waals surface area contributed by atoms with Crippen LogP contribution >= 0.6 is 11.3 Å². The summed E-state index contributed by atoms with van der Waals surface area (Å²) in [4.78, 5) is 18.0. The van der Waals surface area contributed by atoms with E-state index in [1.165, 1.54) is 30.8 Å². The van der Waals surface area contributed by atoms with Gasteiger partial charge in [-0.25, -0.2) is 0 Å². The van der Waals surface area contributed by atoms with E-state index in [0.29, 0.717) is 24.5 Å². The molecule has 3 rings (SSSR count). The van der Waals surface area contributed by atoms with Crippen LogP contribution in [0.5, 0.6) is 0 Å². The lowest BCUT2D eigenvalue weighted by molar-refractivity contribution is -0.136. The molecule has 2 aliphatic heterocycles. The Bertz CT molecular complexity index is 508. The lowest BCUT2D eigenvalue weighted by Crippen LogP contribution is -2.54. The summed E-state index contributed by atoms with van der Waals surface area (Å²) in [6.07, 6.45) is 4.05. The molecule has 2 aliphatic rings. The molecule has 3 heterocycles. The first-order chi connectivity index (χ1) is 11.1. The van der Waals surface area contributed by atoms with Crippen molar-refractivity contribution in [1.29, 1.82) is 0 Å². The zero-order valence-corrected chi connectivity index (χ0v) is 15.3. The van der Waals surface area contributed by atoms with Crippen molar-refractivity contribution in [2.75, 3.05) is 20.1 Å². The Balaban J connectivity index is 1.65. The van der Waals surface area contributed by atoms with E-state index in [4.69, 9.17) is 0 Å². The van der Waals surface area contributed by atoms with Crippen molar-refractivity contribution >= 4 is 17.2 Å². The summed E-state index contributed by atoms with van der Waals surface area (Å²) in [7, 11) is 1.96. The van der Waals surface area contributed by atoms with Crippen molar-refractivity contribution in [2.45, 2.75) is 63.7 Å². The fraction of sp³-hybridized carbons (Fsp3) is 0.722. The highest BCUT2D eigenvalue weighted by atomic mass is 32.1. The van der Waals surface area contributed by atoms with Gasteiger partial charge >= 0.3 is 0 Å². The number of carbonyl (C=O) groups excluding carboxylic acids is 1. The highest BCUT2D eigenvalue weighted by Crippen LogP contribution is 2.34. The van der Waals surface area contributed by atoms with Crippen molar-refractivity contribution in [3.05, 3.63) is 22.4 Å². The Morgan fingerprint density at radius 1 is 1.26 bits per heavy atom. The zero-order chi connectivity index (χ0) is 16.4. The predicted molar refractivity (Wildman–Crippen MR) is 95.7 cm³/mol. The zero-order valence-electron chi connectivity index (χ0n) is 14.5. The molecule has 2 saturated heterocycles. The molecule has 1 N–H and O–H groups in total. The molecule has 0 radical (unpaired) electrons. The van der Waals surface area contributed by atoms with Crippen molar-refractivity contribution in [1.82, 2.24) is 15.1 Å². The number of rotatable bonds is 4. The SMILES string of the molecule is CC(C)N1CCC(N[C@H]2CCC(=O)N(C)[C@H]2c2cccs2)CC1. The molecule has 2 fully saturated rings. The number of nitrogens with zero attached hydrogens (tertiary/aromatic N) is 2. The Labute approximate surface area is 143 Å². The van der Waals surface area contributed by atoms with E-state index in [1.807, 2.05) is 11.9 Å². The van der Waals surface area contributed by atoms with Gasteiger partial charge in [0.15, 0.2) is 0 Å². The highest BCUT2D eigenvalue weighted by molar-refractivity contribution is 7.10. The summed E-state index contributed by atoms with van der Waals surface area (Å²) in [6, 6.07) is 6.06. The van der Waals surface area contributed by atoms with Crippen molar-refractivity contribution < 1.29 is 4.79 Å².